The van der Waals surface area contributed by atoms with Gasteiger partial charge in [0.2, 0.25) is 0 Å². The van der Waals surface area contributed by atoms with Crippen LogP contribution < -0.4 is 0 Å². The van der Waals surface area contributed by atoms with Crippen LogP contribution in [0.1, 0.15) is 245 Å². The predicted octanol–water partition coefficient (Wildman–Crippen LogP) is 14.5. The summed E-state index contributed by atoms with van der Waals surface area (Å²) in [7, 11) is 4.14. The standard InChI is InChI=1S/C43H87NO2/c1-5-7-9-11-13-15-17-19-21-23-25-27-29-31-33-35-38-42(46-43(45)40-37-41-44(3)4)39-36-34-32-30-28-26-24-22-20-18-16-14-12-10-8-6-2/h42H,5-41H2,1-4H3. The van der Waals surface area contributed by atoms with Crippen molar-refractivity contribution in [3.63, 3.8) is 0 Å². The molecule has 3 heteroatoms. The quantitative estimate of drug-likeness (QED) is 0.0490. The highest BCUT2D eigenvalue weighted by atomic mass is 16.5. The molecule has 0 unspecified atom stereocenters. The molecule has 0 rings (SSSR count). The molecule has 0 radical (unpaired) electrons. The summed E-state index contributed by atoms with van der Waals surface area (Å²) in [5.74, 6) is 0.0276. The van der Waals surface area contributed by atoms with Crippen LogP contribution in [0.25, 0.3) is 0 Å². The Kier molecular flexibility index (Phi) is 38.4. The molecule has 0 saturated carbocycles. The van der Waals surface area contributed by atoms with Gasteiger partial charge in [0, 0.05) is 6.42 Å². The van der Waals surface area contributed by atoms with Gasteiger partial charge in [0.25, 0.3) is 0 Å². The third-order valence-electron chi connectivity index (χ3n) is 10.0. The van der Waals surface area contributed by atoms with Crippen LogP contribution in [0.4, 0.5) is 0 Å². The van der Waals surface area contributed by atoms with Crippen molar-refractivity contribution in [2.75, 3.05) is 20.6 Å². The molecule has 0 amide bonds. The number of rotatable bonds is 39. The van der Waals surface area contributed by atoms with E-state index in [9.17, 15) is 4.79 Å². The Labute approximate surface area is 291 Å². The van der Waals surface area contributed by atoms with E-state index in [1.165, 1.54) is 205 Å². The Morgan fingerprint density at radius 1 is 0.413 bits per heavy atom. The van der Waals surface area contributed by atoms with Gasteiger partial charge in [-0.1, -0.05) is 206 Å². The fourth-order valence-electron chi connectivity index (χ4n) is 6.89. The molecule has 276 valence electrons. The van der Waals surface area contributed by atoms with E-state index in [-0.39, 0.29) is 12.1 Å². The van der Waals surface area contributed by atoms with Crippen molar-refractivity contribution >= 4 is 5.97 Å². The summed E-state index contributed by atoms with van der Waals surface area (Å²) in [6.07, 6.45) is 48.6. The lowest BCUT2D eigenvalue weighted by molar-refractivity contribution is -0.150. The number of hydrogen-bond donors (Lipinski definition) is 0. The number of carbonyl (C=O) groups excluding carboxylic acids is 1. The van der Waals surface area contributed by atoms with Crippen LogP contribution in [-0.4, -0.2) is 37.6 Å². The van der Waals surface area contributed by atoms with Gasteiger partial charge >= 0.3 is 5.97 Å². The van der Waals surface area contributed by atoms with Gasteiger partial charge < -0.3 is 9.64 Å². The second kappa shape index (κ2) is 38.9. The van der Waals surface area contributed by atoms with Crippen molar-refractivity contribution in [1.29, 1.82) is 0 Å². The Balaban J connectivity index is 3.85. The average molecular weight is 650 g/mol. The van der Waals surface area contributed by atoms with Crippen LogP contribution >= 0.6 is 0 Å². The molecule has 0 aromatic rings. The van der Waals surface area contributed by atoms with Crippen molar-refractivity contribution in [3.05, 3.63) is 0 Å². The van der Waals surface area contributed by atoms with Crippen molar-refractivity contribution in [2.24, 2.45) is 0 Å². The molecular weight excluding hydrogens is 562 g/mol. The fraction of sp³-hybridized carbons (Fsp3) is 0.977. The zero-order valence-corrected chi connectivity index (χ0v) is 32.5. The van der Waals surface area contributed by atoms with E-state index in [0.29, 0.717) is 6.42 Å². The lowest BCUT2D eigenvalue weighted by Gasteiger charge is -2.18. The van der Waals surface area contributed by atoms with E-state index in [1.807, 2.05) is 0 Å². The minimum Gasteiger partial charge on any atom is -0.462 e. The molecule has 0 fully saturated rings. The number of carbonyl (C=O) groups is 1. The summed E-state index contributed by atoms with van der Waals surface area (Å²) in [5.41, 5.74) is 0. The van der Waals surface area contributed by atoms with Crippen LogP contribution in [0.2, 0.25) is 0 Å². The molecule has 3 nitrogen and oxygen atoms in total. The molecule has 0 aromatic heterocycles. The molecular formula is C43H87NO2. The van der Waals surface area contributed by atoms with Gasteiger partial charge in [-0.3, -0.25) is 4.79 Å². The van der Waals surface area contributed by atoms with Crippen LogP contribution in [0.5, 0.6) is 0 Å². The monoisotopic (exact) mass is 650 g/mol. The lowest BCUT2D eigenvalue weighted by Crippen LogP contribution is -2.20. The van der Waals surface area contributed by atoms with Crippen LogP contribution in [0, 0.1) is 0 Å². The Morgan fingerprint density at radius 2 is 0.674 bits per heavy atom. The van der Waals surface area contributed by atoms with E-state index in [0.717, 1.165) is 25.8 Å². The van der Waals surface area contributed by atoms with Crippen molar-refractivity contribution < 1.29 is 9.53 Å². The summed E-state index contributed by atoms with van der Waals surface area (Å²) in [6.45, 7) is 5.55. The molecule has 46 heavy (non-hydrogen) atoms. The summed E-state index contributed by atoms with van der Waals surface area (Å²) in [6, 6.07) is 0. The fourth-order valence-corrected chi connectivity index (χ4v) is 6.89. The van der Waals surface area contributed by atoms with E-state index >= 15 is 0 Å². The highest BCUT2D eigenvalue weighted by Gasteiger charge is 2.14. The molecule has 0 bridgehead atoms. The van der Waals surface area contributed by atoms with E-state index in [1.54, 1.807) is 0 Å². The smallest absolute Gasteiger partial charge is 0.306 e. The number of hydrogen-bond acceptors (Lipinski definition) is 3. The van der Waals surface area contributed by atoms with Crippen LogP contribution in [0.3, 0.4) is 0 Å². The average Bonchev–Trinajstić information content (AvgIpc) is 3.04. The minimum absolute atomic E-state index is 0.0276. The third kappa shape index (κ3) is 37.9. The summed E-state index contributed by atoms with van der Waals surface area (Å²) < 4.78 is 6.02. The topological polar surface area (TPSA) is 29.5 Å². The highest BCUT2D eigenvalue weighted by Crippen LogP contribution is 2.19. The summed E-state index contributed by atoms with van der Waals surface area (Å²) in [5, 5.41) is 0. The number of unbranched alkanes of at least 4 members (excludes halogenated alkanes) is 30. The maximum absolute atomic E-state index is 12.5. The van der Waals surface area contributed by atoms with Gasteiger partial charge in [0.15, 0.2) is 0 Å². The van der Waals surface area contributed by atoms with Gasteiger partial charge in [-0.2, -0.15) is 0 Å². The SMILES string of the molecule is CCCCCCCCCCCCCCCCCCC(CCCCCCCCCCCCCCCCCC)OC(=O)CCCN(C)C. The minimum atomic E-state index is 0.0276. The Hall–Kier alpha value is -0.570. The van der Waals surface area contributed by atoms with Gasteiger partial charge in [-0.25, -0.2) is 0 Å². The Morgan fingerprint density at radius 3 is 0.935 bits per heavy atom. The zero-order valence-electron chi connectivity index (χ0n) is 32.5. The number of ether oxygens (including phenoxy) is 1. The van der Waals surface area contributed by atoms with Gasteiger partial charge in [-0.05, 0) is 52.7 Å². The lowest BCUT2D eigenvalue weighted by atomic mass is 10.0. The zero-order chi connectivity index (χ0) is 33.6. The van der Waals surface area contributed by atoms with Gasteiger partial charge in [0.05, 0.1) is 0 Å². The molecule has 0 heterocycles. The molecule has 0 saturated heterocycles. The molecule has 0 spiro atoms. The first kappa shape index (κ1) is 45.4. The maximum Gasteiger partial charge on any atom is 0.306 e. The predicted molar refractivity (Wildman–Crippen MR) is 206 cm³/mol. The highest BCUT2D eigenvalue weighted by molar-refractivity contribution is 5.69. The van der Waals surface area contributed by atoms with Crippen molar-refractivity contribution in [2.45, 2.75) is 251 Å². The van der Waals surface area contributed by atoms with E-state index < -0.39 is 0 Å². The molecule has 0 aliphatic heterocycles. The number of esters is 1. The largest absolute Gasteiger partial charge is 0.462 e. The maximum atomic E-state index is 12.5. The Bertz CT molecular complexity index is 541. The first-order chi connectivity index (χ1) is 22.6. The second-order valence-corrected chi connectivity index (χ2v) is 15.2. The summed E-state index contributed by atoms with van der Waals surface area (Å²) in [4.78, 5) is 14.7. The van der Waals surface area contributed by atoms with Gasteiger partial charge in [-0.15, -0.1) is 0 Å². The molecule has 0 atom stereocenters. The van der Waals surface area contributed by atoms with E-state index in [4.69, 9.17) is 4.74 Å². The molecule has 0 aromatic carbocycles. The van der Waals surface area contributed by atoms with Crippen LogP contribution in [0.15, 0.2) is 0 Å². The summed E-state index contributed by atoms with van der Waals surface area (Å²) >= 11 is 0. The van der Waals surface area contributed by atoms with Gasteiger partial charge in [0.1, 0.15) is 6.10 Å². The molecule has 0 aliphatic carbocycles. The first-order valence-corrected chi connectivity index (χ1v) is 21.4. The number of nitrogens with zero attached hydrogens (tertiary/aromatic N) is 1. The van der Waals surface area contributed by atoms with Crippen LogP contribution in [-0.2, 0) is 9.53 Å². The molecule has 0 N–H and O–H groups in total. The third-order valence-corrected chi connectivity index (χ3v) is 10.0. The van der Waals surface area contributed by atoms with Crippen molar-refractivity contribution in [3.8, 4) is 0 Å². The first-order valence-electron chi connectivity index (χ1n) is 21.4. The molecule has 0 aliphatic rings. The normalized spacial score (nSPS) is 11.7. The van der Waals surface area contributed by atoms with E-state index in [2.05, 4.69) is 32.8 Å². The second-order valence-electron chi connectivity index (χ2n) is 15.2. The van der Waals surface area contributed by atoms with Crippen molar-refractivity contribution in [1.82, 2.24) is 4.90 Å².